The van der Waals surface area contributed by atoms with Gasteiger partial charge in [-0.2, -0.15) is 0 Å². The van der Waals surface area contributed by atoms with E-state index in [4.69, 9.17) is 5.14 Å². The highest BCUT2D eigenvalue weighted by Gasteiger charge is 2.31. The van der Waals surface area contributed by atoms with Crippen LogP contribution in [0, 0.1) is 11.7 Å². The van der Waals surface area contributed by atoms with Crippen LogP contribution in [0.3, 0.4) is 0 Å². The molecule has 142 valence electrons. The van der Waals surface area contributed by atoms with Gasteiger partial charge in [0.05, 0.1) is 17.6 Å². The Kier molecular flexibility index (Phi) is 6.53. The monoisotopic (exact) mass is 373 g/mol. The molecule has 25 heavy (non-hydrogen) atoms. The van der Waals surface area contributed by atoms with Gasteiger partial charge in [-0.25, -0.2) is 17.9 Å². The number of hydrogen-bond acceptors (Lipinski definition) is 5. The number of sulfonamides is 1. The number of nitrogens with one attached hydrogen (secondary N) is 1. The molecule has 6 nitrogen and oxygen atoms in total. The van der Waals surface area contributed by atoms with Gasteiger partial charge in [-0.05, 0) is 57.9 Å². The molecular formula is C17H28FN3O3S. The van der Waals surface area contributed by atoms with Crippen LogP contribution >= 0.6 is 0 Å². The summed E-state index contributed by atoms with van der Waals surface area (Å²) in [5.41, 5.74) is 0.220. The van der Waals surface area contributed by atoms with E-state index in [0.717, 1.165) is 25.5 Å². The average molecular weight is 373 g/mol. The van der Waals surface area contributed by atoms with Crippen molar-refractivity contribution in [2.75, 3.05) is 6.54 Å². The number of nitrogens with zero attached hydrogens (tertiary/aromatic N) is 1. The Bertz CT molecular complexity index is 673. The van der Waals surface area contributed by atoms with E-state index in [2.05, 4.69) is 24.1 Å². The van der Waals surface area contributed by atoms with E-state index in [1.807, 2.05) is 0 Å². The summed E-state index contributed by atoms with van der Waals surface area (Å²) in [7, 11) is -3.43. The Balaban J connectivity index is 1.82. The largest absolute Gasteiger partial charge is 0.387 e. The second-order valence-electron chi connectivity index (χ2n) is 7.65. The predicted molar refractivity (Wildman–Crippen MR) is 94.7 cm³/mol. The van der Waals surface area contributed by atoms with Crippen molar-refractivity contribution in [3.05, 3.63) is 29.8 Å². The molecule has 2 rings (SSSR count). The molecule has 0 saturated heterocycles. The van der Waals surface area contributed by atoms with E-state index in [1.165, 1.54) is 12.3 Å². The first kappa shape index (κ1) is 20.2. The molecule has 1 heterocycles. The first-order chi connectivity index (χ1) is 11.6. The number of primary sulfonamides is 1. The lowest BCUT2D eigenvalue weighted by Gasteiger charge is -2.35. The summed E-state index contributed by atoms with van der Waals surface area (Å²) in [6.45, 7) is 4.40. The van der Waals surface area contributed by atoms with Crippen LogP contribution in [0.25, 0.3) is 0 Å². The summed E-state index contributed by atoms with van der Waals surface area (Å²) < 4.78 is 36.0. The fourth-order valence-electron chi connectivity index (χ4n) is 3.56. The minimum Gasteiger partial charge on any atom is -0.387 e. The summed E-state index contributed by atoms with van der Waals surface area (Å²) in [5.74, 6) is -0.0455. The Morgan fingerprint density at radius 3 is 2.56 bits per heavy atom. The quantitative estimate of drug-likeness (QED) is 0.676. The molecule has 1 atom stereocenters. The molecule has 0 spiro atoms. The first-order valence-corrected chi connectivity index (χ1v) is 10.2. The maximum Gasteiger partial charge on any atom is 0.211 e. The highest BCUT2D eigenvalue weighted by atomic mass is 32.2. The molecule has 1 aromatic heterocycles. The van der Waals surface area contributed by atoms with Crippen molar-refractivity contribution in [1.29, 1.82) is 0 Å². The predicted octanol–water partition coefficient (Wildman–Crippen LogP) is 1.86. The van der Waals surface area contributed by atoms with Crippen molar-refractivity contribution in [3.8, 4) is 0 Å². The van der Waals surface area contributed by atoms with E-state index in [-0.39, 0.29) is 5.54 Å². The number of hydrogen-bond donors (Lipinski definition) is 3. The molecule has 4 N–H and O–H groups in total. The second kappa shape index (κ2) is 8.07. The van der Waals surface area contributed by atoms with Gasteiger partial charge in [-0.15, -0.1) is 0 Å². The topological polar surface area (TPSA) is 105 Å². The van der Waals surface area contributed by atoms with Gasteiger partial charge < -0.3 is 10.4 Å². The summed E-state index contributed by atoms with van der Waals surface area (Å²) in [6, 6.07) is 1.28. The Morgan fingerprint density at radius 1 is 1.36 bits per heavy atom. The van der Waals surface area contributed by atoms with Crippen LogP contribution in [-0.2, 0) is 10.0 Å². The van der Waals surface area contributed by atoms with E-state index in [9.17, 15) is 17.9 Å². The molecule has 1 saturated carbocycles. The summed E-state index contributed by atoms with van der Waals surface area (Å²) in [4.78, 5) is 3.75. The van der Waals surface area contributed by atoms with Crippen molar-refractivity contribution >= 4 is 10.0 Å². The van der Waals surface area contributed by atoms with Gasteiger partial charge in [0, 0.05) is 23.8 Å². The number of aliphatic hydroxyl groups excluding tert-OH is 1. The molecule has 1 aromatic rings. The van der Waals surface area contributed by atoms with E-state index < -0.39 is 27.2 Å². The van der Waals surface area contributed by atoms with Crippen LogP contribution in [0.1, 0.15) is 57.6 Å². The minimum absolute atomic E-state index is 0.221. The summed E-state index contributed by atoms with van der Waals surface area (Å²) in [5, 5.41) is 18.3. The van der Waals surface area contributed by atoms with E-state index >= 15 is 0 Å². The zero-order valence-corrected chi connectivity index (χ0v) is 15.6. The maximum absolute atomic E-state index is 13.2. The number of aliphatic hydroxyl groups is 1. The Morgan fingerprint density at radius 2 is 2.00 bits per heavy atom. The van der Waals surface area contributed by atoms with Crippen LogP contribution in [0.5, 0.6) is 0 Å². The molecule has 8 heteroatoms. The number of aromatic nitrogens is 1. The van der Waals surface area contributed by atoms with Crippen LogP contribution in [0.4, 0.5) is 4.39 Å². The molecule has 0 bridgehead atoms. The fourth-order valence-corrected chi connectivity index (χ4v) is 4.49. The normalized spacial score (nSPS) is 23.4. The average Bonchev–Trinajstić information content (AvgIpc) is 2.52. The Labute approximate surface area is 149 Å². The van der Waals surface area contributed by atoms with Gasteiger partial charge in [0.2, 0.25) is 10.0 Å². The summed E-state index contributed by atoms with van der Waals surface area (Å²) in [6.07, 6.45) is 5.49. The molecule has 0 amide bonds. The van der Waals surface area contributed by atoms with Crippen LogP contribution in [0.15, 0.2) is 18.5 Å². The molecule has 1 unspecified atom stereocenters. The Hall–Kier alpha value is -1.09. The molecule has 1 fully saturated rings. The number of rotatable bonds is 7. The lowest BCUT2D eigenvalue weighted by Crippen LogP contribution is -2.44. The van der Waals surface area contributed by atoms with E-state index in [1.54, 1.807) is 0 Å². The van der Waals surface area contributed by atoms with Gasteiger partial charge in [-0.3, -0.25) is 4.98 Å². The molecule has 1 aliphatic rings. The standard InChI is InChI=1S/C17H28FN3O3S/c1-17(2,8-12-3-5-15(6-4-12)25(19,23)24)21-11-16(22)13-7-14(18)10-20-9-13/h7,9-10,12,15-16,21-22H,3-6,8,11H2,1-2H3,(H2,19,23,24). The van der Waals surface area contributed by atoms with Crippen LogP contribution in [0.2, 0.25) is 0 Å². The third-order valence-corrected chi connectivity index (χ3v) is 6.34. The first-order valence-electron chi connectivity index (χ1n) is 8.62. The number of halogens is 1. The highest BCUT2D eigenvalue weighted by Crippen LogP contribution is 2.33. The van der Waals surface area contributed by atoms with Gasteiger partial charge in [0.25, 0.3) is 0 Å². The number of β-amino-alcohol motifs (C(OH)–C–C–N with tert-alkyl or cyclic N) is 1. The molecule has 0 aromatic carbocycles. The summed E-state index contributed by atoms with van der Waals surface area (Å²) >= 11 is 0. The lowest BCUT2D eigenvalue weighted by atomic mass is 9.80. The van der Waals surface area contributed by atoms with Crippen molar-refractivity contribution in [1.82, 2.24) is 10.3 Å². The number of nitrogens with two attached hydrogens (primary N) is 1. The van der Waals surface area contributed by atoms with Crippen molar-refractivity contribution in [2.45, 2.75) is 62.8 Å². The zero-order chi connectivity index (χ0) is 18.7. The van der Waals surface area contributed by atoms with Crippen molar-refractivity contribution in [2.24, 2.45) is 11.1 Å². The third-order valence-electron chi connectivity index (χ3n) is 4.94. The smallest absolute Gasteiger partial charge is 0.211 e. The third kappa shape index (κ3) is 6.29. The van der Waals surface area contributed by atoms with Crippen LogP contribution < -0.4 is 10.5 Å². The van der Waals surface area contributed by atoms with Crippen LogP contribution in [-0.4, -0.2) is 35.8 Å². The van der Waals surface area contributed by atoms with Gasteiger partial charge in [0.15, 0.2) is 0 Å². The highest BCUT2D eigenvalue weighted by molar-refractivity contribution is 7.89. The zero-order valence-electron chi connectivity index (χ0n) is 14.8. The molecule has 0 radical (unpaired) electrons. The van der Waals surface area contributed by atoms with Gasteiger partial charge in [-0.1, -0.05) is 0 Å². The SMILES string of the molecule is CC(C)(CC1CCC(S(N)(=O)=O)CC1)NCC(O)c1cncc(F)c1. The fraction of sp³-hybridized carbons (Fsp3) is 0.706. The maximum atomic E-state index is 13.2. The van der Waals surface area contributed by atoms with E-state index in [0.29, 0.717) is 30.9 Å². The van der Waals surface area contributed by atoms with Gasteiger partial charge >= 0.3 is 0 Å². The molecular weight excluding hydrogens is 345 g/mol. The molecule has 0 aliphatic heterocycles. The second-order valence-corrected chi connectivity index (χ2v) is 9.50. The minimum atomic E-state index is -3.43. The van der Waals surface area contributed by atoms with Crippen molar-refractivity contribution < 1.29 is 17.9 Å². The van der Waals surface area contributed by atoms with Crippen molar-refractivity contribution in [3.63, 3.8) is 0 Å². The van der Waals surface area contributed by atoms with Gasteiger partial charge in [0.1, 0.15) is 5.82 Å². The lowest BCUT2D eigenvalue weighted by molar-refractivity contribution is 0.150. The molecule has 1 aliphatic carbocycles. The number of pyridine rings is 1.